The second-order valence-corrected chi connectivity index (χ2v) is 4.96. The fourth-order valence-corrected chi connectivity index (χ4v) is 2.59. The van der Waals surface area contributed by atoms with Crippen LogP contribution in [0.2, 0.25) is 0 Å². The lowest BCUT2D eigenvalue weighted by Crippen LogP contribution is -2.00. The molecule has 0 saturated carbocycles. The number of hydrogen-bond donors (Lipinski definition) is 1. The van der Waals surface area contributed by atoms with Gasteiger partial charge >= 0.3 is 0 Å². The highest BCUT2D eigenvalue weighted by Gasteiger charge is 2.09. The molecule has 0 bridgehead atoms. The fourth-order valence-electron chi connectivity index (χ4n) is 2.32. The minimum Gasteiger partial charge on any atom is -0.494 e. The van der Waals surface area contributed by atoms with Crippen LogP contribution in [0.15, 0.2) is 36.5 Å². The van der Waals surface area contributed by atoms with Gasteiger partial charge < -0.3 is 19.0 Å². The van der Waals surface area contributed by atoms with E-state index in [0.29, 0.717) is 17.2 Å². The maximum absolute atomic E-state index is 5.43. The first-order valence-corrected chi connectivity index (χ1v) is 6.88. The number of ether oxygens (including phenoxy) is 2. The summed E-state index contributed by atoms with van der Waals surface area (Å²) in [5.74, 6) is 1.38. The smallest absolute Gasteiger partial charge is 0.213 e. The van der Waals surface area contributed by atoms with Gasteiger partial charge in [-0.05, 0) is 36.0 Å². The van der Waals surface area contributed by atoms with Gasteiger partial charge in [-0.15, -0.1) is 0 Å². The predicted molar refractivity (Wildman–Crippen MR) is 83.6 cm³/mol. The summed E-state index contributed by atoms with van der Waals surface area (Å²) in [6, 6.07) is 9.73. The number of benzene rings is 1. The number of pyridine rings is 1. The summed E-state index contributed by atoms with van der Waals surface area (Å²) in [5, 5.41) is 0. The molecule has 5 nitrogen and oxygen atoms in total. The van der Waals surface area contributed by atoms with Crippen LogP contribution >= 0.6 is 12.2 Å². The highest BCUT2D eigenvalue weighted by molar-refractivity contribution is 7.71. The van der Waals surface area contributed by atoms with Crippen molar-refractivity contribution < 1.29 is 9.47 Å². The number of para-hydroxylation sites is 1. The molecule has 3 aromatic rings. The summed E-state index contributed by atoms with van der Waals surface area (Å²) in [7, 11) is 3.26. The number of fused-ring (bicyclic) bond motifs is 1. The number of rotatable bonds is 4. The molecule has 0 atom stereocenters. The van der Waals surface area contributed by atoms with Gasteiger partial charge in [0, 0.05) is 12.3 Å². The Bertz CT molecular complexity index is 838. The molecule has 0 aliphatic carbocycles. The molecule has 0 spiro atoms. The van der Waals surface area contributed by atoms with Crippen LogP contribution in [0.25, 0.3) is 11.0 Å². The number of nitrogens with one attached hydrogen (secondary N) is 1. The normalized spacial score (nSPS) is 10.8. The third-order valence-corrected chi connectivity index (χ3v) is 3.66. The SMILES string of the molecule is COc1cc(Cn2c(=S)[nH]c3c(OC)cccc32)ccn1. The third kappa shape index (κ3) is 2.50. The van der Waals surface area contributed by atoms with Crippen molar-refractivity contribution >= 4 is 23.3 Å². The van der Waals surface area contributed by atoms with E-state index in [9.17, 15) is 0 Å². The van der Waals surface area contributed by atoms with E-state index in [-0.39, 0.29) is 0 Å². The van der Waals surface area contributed by atoms with E-state index < -0.39 is 0 Å². The van der Waals surface area contributed by atoms with Gasteiger partial charge in [0.15, 0.2) is 4.77 Å². The van der Waals surface area contributed by atoms with Crippen LogP contribution in [0.1, 0.15) is 5.56 Å². The largest absolute Gasteiger partial charge is 0.494 e. The van der Waals surface area contributed by atoms with Crippen LogP contribution in [0.5, 0.6) is 11.6 Å². The summed E-state index contributed by atoms with van der Waals surface area (Å²) in [5.41, 5.74) is 2.99. The van der Waals surface area contributed by atoms with E-state index in [1.165, 1.54) is 0 Å². The molecular formula is C15H15N3O2S. The summed E-state index contributed by atoms with van der Waals surface area (Å²) in [6.07, 6.45) is 1.73. The summed E-state index contributed by atoms with van der Waals surface area (Å²) < 4.78 is 13.2. The van der Waals surface area contributed by atoms with E-state index in [1.807, 2.05) is 34.9 Å². The lowest BCUT2D eigenvalue weighted by molar-refractivity contribution is 0.397. The zero-order valence-corrected chi connectivity index (χ0v) is 12.6. The third-order valence-electron chi connectivity index (χ3n) is 3.34. The maximum atomic E-state index is 5.43. The van der Waals surface area contributed by atoms with Crippen LogP contribution < -0.4 is 9.47 Å². The Hall–Kier alpha value is -2.34. The molecule has 6 heteroatoms. The van der Waals surface area contributed by atoms with Crippen molar-refractivity contribution in [3.63, 3.8) is 0 Å². The molecule has 2 aromatic heterocycles. The van der Waals surface area contributed by atoms with Crippen molar-refractivity contribution in [3.05, 3.63) is 46.9 Å². The number of hydrogen-bond acceptors (Lipinski definition) is 4. The Balaban J connectivity index is 2.08. The first-order valence-electron chi connectivity index (χ1n) is 6.47. The highest BCUT2D eigenvalue weighted by atomic mass is 32.1. The Morgan fingerprint density at radius 3 is 2.86 bits per heavy atom. The van der Waals surface area contributed by atoms with Gasteiger partial charge in [0.05, 0.1) is 26.3 Å². The number of aromatic amines is 1. The van der Waals surface area contributed by atoms with E-state index in [2.05, 4.69) is 9.97 Å². The van der Waals surface area contributed by atoms with Gasteiger partial charge in [-0.3, -0.25) is 0 Å². The van der Waals surface area contributed by atoms with Gasteiger partial charge in [-0.25, -0.2) is 4.98 Å². The van der Waals surface area contributed by atoms with Crippen molar-refractivity contribution in [2.24, 2.45) is 0 Å². The second-order valence-electron chi connectivity index (χ2n) is 4.58. The van der Waals surface area contributed by atoms with Crippen LogP contribution in [-0.4, -0.2) is 28.8 Å². The average molecular weight is 301 g/mol. The maximum Gasteiger partial charge on any atom is 0.213 e. The van der Waals surface area contributed by atoms with Crippen molar-refractivity contribution in [3.8, 4) is 11.6 Å². The molecule has 0 aliphatic rings. The highest BCUT2D eigenvalue weighted by Crippen LogP contribution is 2.25. The summed E-state index contributed by atoms with van der Waals surface area (Å²) in [6.45, 7) is 0.644. The molecule has 21 heavy (non-hydrogen) atoms. The van der Waals surface area contributed by atoms with Crippen molar-refractivity contribution in [1.29, 1.82) is 0 Å². The minimum absolute atomic E-state index is 0.594. The molecule has 1 aromatic carbocycles. The predicted octanol–water partition coefficient (Wildman–Crippen LogP) is 3.16. The van der Waals surface area contributed by atoms with E-state index in [4.69, 9.17) is 21.7 Å². The molecule has 0 amide bonds. The van der Waals surface area contributed by atoms with Crippen LogP contribution in [0.4, 0.5) is 0 Å². The van der Waals surface area contributed by atoms with Gasteiger partial charge in [-0.2, -0.15) is 0 Å². The van der Waals surface area contributed by atoms with Crippen molar-refractivity contribution in [2.45, 2.75) is 6.54 Å². The van der Waals surface area contributed by atoms with E-state index >= 15 is 0 Å². The zero-order chi connectivity index (χ0) is 14.8. The van der Waals surface area contributed by atoms with Gasteiger partial charge in [-0.1, -0.05) is 6.07 Å². The monoisotopic (exact) mass is 301 g/mol. The van der Waals surface area contributed by atoms with Gasteiger partial charge in [0.1, 0.15) is 11.3 Å². The Morgan fingerprint density at radius 2 is 2.10 bits per heavy atom. The fraction of sp³-hybridized carbons (Fsp3) is 0.200. The molecule has 0 unspecified atom stereocenters. The van der Waals surface area contributed by atoms with Crippen LogP contribution in [0, 0.1) is 4.77 Å². The first-order chi connectivity index (χ1) is 10.2. The quantitative estimate of drug-likeness (QED) is 0.752. The van der Waals surface area contributed by atoms with Gasteiger partial charge in [0.2, 0.25) is 5.88 Å². The molecule has 0 radical (unpaired) electrons. The second kappa shape index (κ2) is 5.57. The van der Waals surface area contributed by atoms with Crippen LogP contribution in [0.3, 0.4) is 0 Å². The molecule has 0 fully saturated rings. The molecule has 2 heterocycles. The lowest BCUT2D eigenvalue weighted by Gasteiger charge is -2.07. The molecule has 0 aliphatic heterocycles. The summed E-state index contributed by atoms with van der Waals surface area (Å²) >= 11 is 5.43. The van der Waals surface area contributed by atoms with Crippen LogP contribution in [-0.2, 0) is 6.54 Å². The molecule has 3 rings (SSSR count). The number of aromatic nitrogens is 3. The molecule has 0 saturated heterocycles. The van der Waals surface area contributed by atoms with Gasteiger partial charge in [0.25, 0.3) is 0 Å². The molecule has 108 valence electrons. The minimum atomic E-state index is 0.594. The zero-order valence-electron chi connectivity index (χ0n) is 11.8. The Labute approximate surface area is 127 Å². The molecule has 1 N–H and O–H groups in total. The standard InChI is InChI=1S/C15H15N3O2S/c1-19-12-5-3-4-11-14(12)17-15(21)18(11)9-10-6-7-16-13(8-10)20-2/h3-8H,9H2,1-2H3,(H,17,21). The van der Waals surface area contributed by atoms with Crippen molar-refractivity contribution in [1.82, 2.24) is 14.5 Å². The Kier molecular flexibility index (Phi) is 3.62. The first kappa shape index (κ1) is 13.6. The summed E-state index contributed by atoms with van der Waals surface area (Å²) in [4.78, 5) is 7.32. The average Bonchev–Trinajstić information content (AvgIpc) is 2.83. The lowest BCUT2D eigenvalue weighted by atomic mass is 10.2. The number of imidazole rings is 1. The number of H-pyrrole nitrogens is 1. The van der Waals surface area contributed by atoms with Crippen molar-refractivity contribution in [2.75, 3.05) is 14.2 Å². The van der Waals surface area contributed by atoms with E-state index in [1.54, 1.807) is 20.4 Å². The van der Waals surface area contributed by atoms with E-state index in [0.717, 1.165) is 22.3 Å². The number of methoxy groups -OCH3 is 2. The Morgan fingerprint density at radius 1 is 1.24 bits per heavy atom. The molecular weight excluding hydrogens is 286 g/mol. The topological polar surface area (TPSA) is 52.1 Å². The number of nitrogens with zero attached hydrogens (tertiary/aromatic N) is 2.